The molecule has 0 saturated heterocycles. The highest BCUT2D eigenvalue weighted by atomic mass is 15.2. The van der Waals surface area contributed by atoms with Gasteiger partial charge in [-0.1, -0.05) is 48.0 Å². The predicted octanol–water partition coefficient (Wildman–Crippen LogP) is 3.12. The molecule has 2 rings (SSSR count). The number of hydrogen-bond donors (Lipinski definition) is 2. The van der Waals surface area contributed by atoms with Crippen LogP contribution < -0.4 is 11.3 Å². The quantitative estimate of drug-likeness (QED) is 0.381. The summed E-state index contributed by atoms with van der Waals surface area (Å²) in [5.41, 5.74) is 6.18. The van der Waals surface area contributed by atoms with Crippen LogP contribution in [0.1, 0.15) is 17.5 Å². The first-order valence-corrected chi connectivity index (χ1v) is 6.43. The molecule has 0 radical (unpaired) electrons. The van der Waals surface area contributed by atoms with Crippen molar-refractivity contribution in [2.75, 3.05) is 0 Å². The first-order valence-electron chi connectivity index (χ1n) is 6.43. The number of aliphatic imine (C=N–C) groups is 1. The van der Waals surface area contributed by atoms with E-state index in [1.165, 1.54) is 11.1 Å². The van der Waals surface area contributed by atoms with Crippen molar-refractivity contribution >= 4 is 11.5 Å². The Hall–Kier alpha value is -2.13. The number of hydrogen-bond acceptors (Lipinski definition) is 2. The van der Waals surface area contributed by atoms with Crippen LogP contribution in [0.5, 0.6) is 0 Å². The summed E-state index contributed by atoms with van der Waals surface area (Å²) in [4.78, 5) is 4.50. The van der Waals surface area contributed by atoms with Crippen LogP contribution in [0.15, 0.2) is 59.6 Å². The molecule has 0 aliphatic carbocycles. The minimum Gasteiger partial charge on any atom is -0.312 e. The van der Waals surface area contributed by atoms with Crippen LogP contribution in [0.4, 0.5) is 5.69 Å². The topological polar surface area (TPSA) is 50.4 Å². The van der Waals surface area contributed by atoms with Crippen LogP contribution in [0.3, 0.4) is 0 Å². The lowest BCUT2D eigenvalue weighted by atomic mass is 10.1. The Morgan fingerprint density at radius 2 is 1.89 bits per heavy atom. The molecule has 98 valence electrons. The first kappa shape index (κ1) is 13.3. The van der Waals surface area contributed by atoms with Crippen LogP contribution >= 0.6 is 0 Å². The minimum absolute atomic E-state index is 0.799. The SMILES string of the molecule is Cc1cccc(CCC(=Nc2ccccc2)NN)c1. The van der Waals surface area contributed by atoms with Gasteiger partial charge in [0.1, 0.15) is 5.84 Å². The highest BCUT2D eigenvalue weighted by Gasteiger charge is 2.00. The zero-order valence-corrected chi connectivity index (χ0v) is 11.1. The number of nitrogens with two attached hydrogens (primary N) is 1. The van der Waals surface area contributed by atoms with Gasteiger partial charge in [-0.3, -0.25) is 0 Å². The molecule has 0 amide bonds. The molecule has 0 unspecified atom stereocenters. The van der Waals surface area contributed by atoms with Gasteiger partial charge in [0.15, 0.2) is 0 Å². The molecule has 2 aromatic rings. The fourth-order valence-corrected chi connectivity index (χ4v) is 1.95. The maximum absolute atomic E-state index is 5.53. The van der Waals surface area contributed by atoms with Crippen molar-refractivity contribution < 1.29 is 0 Å². The third-order valence-electron chi connectivity index (χ3n) is 2.92. The van der Waals surface area contributed by atoms with E-state index in [0.717, 1.165) is 24.4 Å². The molecule has 3 nitrogen and oxygen atoms in total. The second-order valence-electron chi connectivity index (χ2n) is 4.53. The number of para-hydroxylation sites is 1. The highest BCUT2D eigenvalue weighted by molar-refractivity contribution is 5.84. The molecule has 0 atom stereocenters. The van der Waals surface area contributed by atoms with Crippen LogP contribution in [-0.2, 0) is 6.42 Å². The summed E-state index contributed by atoms with van der Waals surface area (Å²) >= 11 is 0. The van der Waals surface area contributed by atoms with E-state index in [2.05, 4.69) is 41.6 Å². The number of amidine groups is 1. The van der Waals surface area contributed by atoms with Crippen molar-refractivity contribution in [3.05, 3.63) is 65.7 Å². The standard InChI is InChI=1S/C16H19N3/c1-13-6-5-7-14(12-13)10-11-16(19-17)18-15-8-3-2-4-9-15/h2-9,12H,10-11,17H2,1H3,(H,18,19). The van der Waals surface area contributed by atoms with E-state index in [4.69, 9.17) is 5.84 Å². The molecule has 3 heteroatoms. The number of nitrogens with zero attached hydrogens (tertiary/aromatic N) is 1. The molecular formula is C16H19N3. The number of rotatable bonds is 4. The van der Waals surface area contributed by atoms with Crippen LogP contribution in [0.2, 0.25) is 0 Å². The van der Waals surface area contributed by atoms with E-state index in [-0.39, 0.29) is 0 Å². The van der Waals surface area contributed by atoms with Crippen molar-refractivity contribution in [1.82, 2.24) is 5.43 Å². The van der Waals surface area contributed by atoms with Gasteiger partial charge in [-0.05, 0) is 31.0 Å². The summed E-state index contributed by atoms with van der Waals surface area (Å²) in [5, 5.41) is 0. The average molecular weight is 253 g/mol. The molecule has 0 heterocycles. The van der Waals surface area contributed by atoms with Gasteiger partial charge in [-0.15, -0.1) is 0 Å². The van der Waals surface area contributed by atoms with E-state index >= 15 is 0 Å². The maximum Gasteiger partial charge on any atom is 0.116 e. The third-order valence-corrected chi connectivity index (χ3v) is 2.92. The molecule has 0 spiro atoms. The van der Waals surface area contributed by atoms with Crippen molar-refractivity contribution in [2.24, 2.45) is 10.8 Å². The molecule has 0 aromatic heterocycles. The number of benzene rings is 2. The highest BCUT2D eigenvalue weighted by Crippen LogP contribution is 2.12. The fourth-order valence-electron chi connectivity index (χ4n) is 1.95. The molecule has 2 aromatic carbocycles. The maximum atomic E-state index is 5.53. The lowest BCUT2D eigenvalue weighted by Crippen LogP contribution is -2.30. The fraction of sp³-hybridized carbons (Fsp3) is 0.188. The van der Waals surface area contributed by atoms with Gasteiger partial charge in [0.05, 0.1) is 5.69 Å². The number of aryl methyl sites for hydroxylation is 2. The Kier molecular flexibility index (Phi) is 4.70. The lowest BCUT2D eigenvalue weighted by Gasteiger charge is -2.06. The predicted molar refractivity (Wildman–Crippen MR) is 80.4 cm³/mol. The van der Waals surface area contributed by atoms with Gasteiger partial charge in [0.2, 0.25) is 0 Å². The summed E-state index contributed by atoms with van der Waals surface area (Å²) in [6, 6.07) is 18.3. The molecule has 0 fully saturated rings. The average Bonchev–Trinajstić information content (AvgIpc) is 2.44. The second kappa shape index (κ2) is 6.71. The van der Waals surface area contributed by atoms with E-state index < -0.39 is 0 Å². The molecule has 3 N–H and O–H groups in total. The van der Waals surface area contributed by atoms with Crippen molar-refractivity contribution in [2.45, 2.75) is 19.8 Å². The monoisotopic (exact) mass is 253 g/mol. The van der Waals surface area contributed by atoms with E-state index in [1.807, 2.05) is 30.3 Å². The van der Waals surface area contributed by atoms with Crippen molar-refractivity contribution in [3.8, 4) is 0 Å². The molecular weight excluding hydrogens is 234 g/mol. The Morgan fingerprint density at radius 3 is 2.58 bits per heavy atom. The van der Waals surface area contributed by atoms with Gasteiger partial charge < -0.3 is 5.43 Å². The Labute approximate surface area is 114 Å². The summed E-state index contributed by atoms with van der Waals surface area (Å²) in [7, 11) is 0. The van der Waals surface area contributed by atoms with Crippen molar-refractivity contribution in [3.63, 3.8) is 0 Å². The smallest absolute Gasteiger partial charge is 0.116 e. The molecule has 0 aliphatic heterocycles. The molecule has 19 heavy (non-hydrogen) atoms. The van der Waals surface area contributed by atoms with Gasteiger partial charge in [0.25, 0.3) is 0 Å². The molecule has 0 bridgehead atoms. The van der Waals surface area contributed by atoms with Gasteiger partial charge in [0, 0.05) is 6.42 Å². The second-order valence-corrected chi connectivity index (χ2v) is 4.53. The third kappa shape index (κ3) is 4.23. The Morgan fingerprint density at radius 1 is 1.11 bits per heavy atom. The Balaban J connectivity index is 2.02. The Bertz CT molecular complexity index is 547. The first-order chi connectivity index (χ1) is 9.28. The molecule has 0 saturated carbocycles. The summed E-state index contributed by atoms with van der Waals surface area (Å²) < 4.78 is 0. The lowest BCUT2D eigenvalue weighted by molar-refractivity contribution is 0.927. The van der Waals surface area contributed by atoms with E-state index in [1.54, 1.807) is 0 Å². The van der Waals surface area contributed by atoms with Crippen molar-refractivity contribution in [1.29, 1.82) is 0 Å². The largest absolute Gasteiger partial charge is 0.312 e. The molecule has 0 aliphatic rings. The number of hydrazine groups is 1. The summed E-state index contributed by atoms with van der Waals surface area (Å²) in [5.74, 6) is 6.33. The summed E-state index contributed by atoms with van der Waals surface area (Å²) in [6.07, 6.45) is 1.73. The normalized spacial score (nSPS) is 11.4. The van der Waals surface area contributed by atoms with Gasteiger partial charge in [-0.25, -0.2) is 10.8 Å². The van der Waals surface area contributed by atoms with Crippen LogP contribution in [0.25, 0.3) is 0 Å². The van der Waals surface area contributed by atoms with Gasteiger partial charge in [-0.2, -0.15) is 0 Å². The van der Waals surface area contributed by atoms with Crippen LogP contribution in [0, 0.1) is 6.92 Å². The number of nitrogens with one attached hydrogen (secondary N) is 1. The summed E-state index contributed by atoms with van der Waals surface area (Å²) in [6.45, 7) is 2.10. The van der Waals surface area contributed by atoms with Gasteiger partial charge >= 0.3 is 0 Å². The van der Waals surface area contributed by atoms with E-state index in [9.17, 15) is 0 Å². The zero-order chi connectivity index (χ0) is 13.5. The van der Waals surface area contributed by atoms with E-state index in [0.29, 0.717) is 0 Å². The minimum atomic E-state index is 0.799. The van der Waals surface area contributed by atoms with Crippen LogP contribution in [-0.4, -0.2) is 5.84 Å². The zero-order valence-electron chi connectivity index (χ0n) is 11.1.